The molecule has 0 bridgehead atoms. The van der Waals surface area contributed by atoms with Crippen LogP contribution >= 0.6 is 11.3 Å². The van der Waals surface area contributed by atoms with Gasteiger partial charge in [0, 0.05) is 25.9 Å². The van der Waals surface area contributed by atoms with Crippen LogP contribution in [0.2, 0.25) is 0 Å². The molecule has 0 atom stereocenters. The lowest BCUT2D eigenvalue weighted by molar-refractivity contribution is -0.171. The zero-order valence-corrected chi connectivity index (χ0v) is 18.1. The minimum Gasteiger partial charge on any atom is -0.444 e. The zero-order chi connectivity index (χ0) is 22.2. The van der Waals surface area contributed by atoms with Crippen molar-refractivity contribution in [2.75, 3.05) is 13.1 Å². The quantitative estimate of drug-likeness (QED) is 0.330. The summed E-state index contributed by atoms with van der Waals surface area (Å²) in [5, 5.41) is 7.68. The molecule has 3 rings (SSSR count). The number of ether oxygens (including phenoxy) is 1. The maximum Gasteiger partial charge on any atom is 0.410 e. The van der Waals surface area contributed by atoms with Crippen molar-refractivity contribution in [2.24, 2.45) is 16.8 Å². The van der Waals surface area contributed by atoms with Crippen molar-refractivity contribution in [1.82, 2.24) is 4.90 Å². The largest absolute Gasteiger partial charge is 0.444 e. The number of alkyl halides is 2. The molecule has 0 radical (unpaired) electrons. The summed E-state index contributed by atoms with van der Waals surface area (Å²) < 4.78 is 31.4. The number of thiophene rings is 1. The Morgan fingerprint density at radius 2 is 1.90 bits per heavy atom. The number of oxime groups is 1. The number of rotatable bonds is 4. The minimum atomic E-state index is -2.81. The molecule has 1 saturated heterocycles. The Bertz CT molecular complexity index is 805. The van der Waals surface area contributed by atoms with E-state index in [1.807, 2.05) is 37.6 Å². The number of hydrogen-bond acceptors (Lipinski definition) is 6. The van der Waals surface area contributed by atoms with Gasteiger partial charge in [0.25, 0.3) is 0 Å². The van der Waals surface area contributed by atoms with Gasteiger partial charge in [-0.1, -0.05) is 5.16 Å². The first-order valence-corrected chi connectivity index (χ1v) is 10.8. The van der Waals surface area contributed by atoms with Gasteiger partial charge in [-0.3, -0.25) is 0 Å². The molecule has 1 aromatic rings. The fraction of sp³-hybridized carbons (Fsp3) is 0.650. The van der Waals surface area contributed by atoms with Gasteiger partial charge in [0.2, 0.25) is 5.92 Å². The summed E-state index contributed by atoms with van der Waals surface area (Å²) in [4.78, 5) is 30.9. The van der Waals surface area contributed by atoms with Gasteiger partial charge in [0.1, 0.15) is 5.60 Å². The average molecular weight is 444 g/mol. The van der Waals surface area contributed by atoms with E-state index in [9.17, 15) is 18.4 Å². The molecule has 1 aliphatic heterocycles. The predicted molar refractivity (Wildman–Crippen MR) is 108 cm³/mol. The smallest absolute Gasteiger partial charge is 0.410 e. The fourth-order valence-electron chi connectivity index (χ4n) is 3.71. The molecule has 0 spiro atoms. The third kappa shape index (κ3) is 4.91. The summed E-state index contributed by atoms with van der Waals surface area (Å²) in [5.74, 6) is -4.37. The zero-order valence-electron chi connectivity index (χ0n) is 17.3. The number of piperidine rings is 1. The monoisotopic (exact) mass is 443 g/mol. The number of likely N-dealkylation sites (tertiary alicyclic amines) is 1. The lowest BCUT2D eigenvalue weighted by Gasteiger charge is -2.41. The molecular weight excluding hydrogens is 416 g/mol. The Hall–Kier alpha value is -2.23. The van der Waals surface area contributed by atoms with E-state index in [-0.39, 0.29) is 5.84 Å². The second-order valence-electron chi connectivity index (χ2n) is 8.91. The Kier molecular flexibility index (Phi) is 6.08. The van der Waals surface area contributed by atoms with Crippen LogP contribution in [0.3, 0.4) is 0 Å². The highest BCUT2D eigenvalue weighted by Crippen LogP contribution is 2.43. The highest BCUT2D eigenvalue weighted by molar-refractivity contribution is 7.08. The lowest BCUT2D eigenvalue weighted by Crippen LogP contribution is -2.52. The molecule has 1 saturated carbocycles. The molecular formula is C20H27F2N3O4S. The van der Waals surface area contributed by atoms with E-state index >= 15 is 0 Å². The van der Waals surface area contributed by atoms with Crippen molar-refractivity contribution in [1.29, 1.82) is 0 Å². The first-order valence-electron chi connectivity index (χ1n) is 9.85. The number of amidine groups is 1. The second kappa shape index (κ2) is 8.13. The second-order valence-corrected chi connectivity index (χ2v) is 9.69. The molecule has 10 heteroatoms. The van der Waals surface area contributed by atoms with E-state index in [0.717, 1.165) is 5.56 Å². The molecule has 166 valence electrons. The van der Waals surface area contributed by atoms with Gasteiger partial charge in [-0.2, -0.15) is 11.3 Å². The normalized spacial score (nSPS) is 21.6. The number of carbonyl (C=O) groups is 2. The van der Waals surface area contributed by atoms with E-state index in [1.54, 1.807) is 4.90 Å². The van der Waals surface area contributed by atoms with Crippen LogP contribution in [0.25, 0.3) is 0 Å². The number of nitrogens with two attached hydrogens (primary N) is 1. The summed E-state index contributed by atoms with van der Waals surface area (Å²) >= 11 is 1.50. The van der Waals surface area contributed by atoms with Crippen LogP contribution in [-0.4, -0.2) is 47.4 Å². The SMILES string of the molecule is CC(C)(C)OC(=O)N1CCC(/C(N)=N/OC(=O)C2CC(F)(F)C2)(c2ccsc2)CC1. The van der Waals surface area contributed by atoms with Crippen molar-refractivity contribution in [2.45, 2.75) is 63.4 Å². The van der Waals surface area contributed by atoms with Gasteiger partial charge in [-0.05, 0) is 56.0 Å². The van der Waals surface area contributed by atoms with Crippen LogP contribution < -0.4 is 5.73 Å². The lowest BCUT2D eigenvalue weighted by atomic mass is 9.73. The standard InChI is InChI=1S/C20H27F2N3O4S/c1-18(2,3)28-17(27)25-7-5-19(6-8-25,14-4-9-30-12-14)16(23)24-29-15(26)13-10-20(21,22)11-13/h4,9,12-13H,5-8,10-11H2,1-3H3,(H2,23,24). The Labute approximate surface area is 178 Å². The first kappa shape index (κ1) is 22.5. The average Bonchev–Trinajstić information content (AvgIpc) is 3.17. The highest BCUT2D eigenvalue weighted by Gasteiger charge is 2.50. The molecule has 7 nitrogen and oxygen atoms in total. The van der Waals surface area contributed by atoms with Crippen molar-refractivity contribution >= 4 is 29.2 Å². The molecule has 2 heterocycles. The first-order chi connectivity index (χ1) is 13.9. The molecule has 0 unspecified atom stereocenters. The maximum atomic E-state index is 13.0. The molecule has 30 heavy (non-hydrogen) atoms. The number of halogens is 2. The summed E-state index contributed by atoms with van der Waals surface area (Å²) in [6, 6.07) is 1.92. The molecule has 2 N–H and O–H groups in total. The van der Waals surface area contributed by atoms with Crippen molar-refractivity contribution < 1.29 is 27.9 Å². The third-order valence-corrected chi connectivity index (χ3v) is 6.17. The summed E-state index contributed by atoms with van der Waals surface area (Å²) in [7, 11) is 0. The summed E-state index contributed by atoms with van der Waals surface area (Å²) in [6.07, 6.45) is -0.507. The van der Waals surface area contributed by atoms with Crippen LogP contribution in [0, 0.1) is 5.92 Å². The fourth-order valence-corrected chi connectivity index (χ4v) is 4.47. The number of amides is 1. The Morgan fingerprint density at radius 3 is 2.40 bits per heavy atom. The van der Waals surface area contributed by atoms with E-state index in [0.29, 0.717) is 25.9 Å². The van der Waals surface area contributed by atoms with Gasteiger partial charge in [-0.25, -0.2) is 18.4 Å². The minimum absolute atomic E-state index is 0.101. The molecule has 2 fully saturated rings. The number of carbonyl (C=O) groups excluding carboxylic acids is 2. The van der Waals surface area contributed by atoms with Gasteiger partial charge in [-0.15, -0.1) is 0 Å². The van der Waals surface area contributed by atoms with Crippen LogP contribution in [-0.2, 0) is 19.8 Å². The van der Waals surface area contributed by atoms with Crippen molar-refractivity contribution in [3.8, 4) is 0 Å². The highest BCUT2D eigenvalue weighted by atomic mass is 32.1. The van der Waals surface area contributed by atoms with E-state index in [1.165, 1.54) is 11.3 Å². The third-order valence-electron chi connectivity index (χ3n) is 5.49. The van der Waals surface area contributed by atoms with Gasteiger partial charge < -0.3 is 20.2 Å². The molecule has 1 aliphatic carbocycles. The number of hydrogen-bond donors (Lipinski definition) is 1. The Morgan fingerprint density at radius 1 is 1.27 bits per heavy atom. The van der Waals surface area contributed by atoms with Crippen LogP contribution in [0.4, 0.5) is 13.6 Å². The van der Waals surface area contributed by atoms with Crippen LogP contribution in [0.15, 0.2) is 22.0 Å². The topological polar surface area (TPSA) is 94.2 Å². The van der Waals surface area contributed by atoms with Crippen LogP contribution in [0.1, 0.15) is 52.0 Å². The van der Waals surface area contributed by atoms with E-state index < -0.39 is 47.8 Å². The van der Waals surface area contributed by atoms with Gasteiger partial charge in [0.15, 0.2) is 5.84 Å². The Balaban J connectivity index is 1.70. The molecule has 0 aromatic carbocycles. The predicted octanol–water partition coefficient (Wildman–Crippen LogP) is 3.88. The maximum absolute atomic E-state index is 13.0. The molecule has 1 aromatic heterocycles. The van der Waals surface area contributed by atoms with Crippen LogP contribution in [0.5, 0.6) is 0 Å². The molecule has 2 aliphatic rings. The summed E-state index contributed by atoms with van der Waals surface area (Å²) in [5.41, 5.74) is 5.88. The van der Waals surface area contributed by atoms with E-state index in [4.69, 9.17) is 15.3 Å². The van der Waals surface area contributed by atoms with Crippen molar-refractivity contribution in [3.63, 3.8) is 0 Å². The van der Waals surface area contributed by atoms with E-state index in [2.05, 4.69) is 5.16 Å². The van der Waals surface area contributed by atoms with Gasteiger partial charge in [0.05, 0.1) is 11.3 Å². The van der Waals surface area contributed by atoms with Gasteiger partial charge >= 0.3 is 12.1 Å². The summed E-state index contributed by atoms with van der Waals surface area (Å²) in [6.45, 7) is 6.21. The molecule has 1 amide bonds. The number of nitrogens with zero attached hydrogens (tertiary/aromatic N) is 2. The van der Waals surface area contributed by atoms with Crippen molar-refractivity contribution in [3.05, 3.63) is 22.4 Å².